The van der Waals surface area contributed by atoms with E-state index in [1.807, 2.05) is 30.3 Å². The van der Waals surface area contributed by atoms with Crippen LogP contribution in [0.25, 0.3) is 0 Å². The van der Waals surface area contributed by atoms with Crippen LogP contribution in [0.5, 0.6) is 5.75 Å². The number of hydrogen-bond donors (Lipinski definition) is 1. The minimum atomic E-state index is -0.122. The van der Waals surface area contributed by atoms with Crippen molar-refractivity contribution in [3.8, 4) is 5.75 Å². The standard InChI is InChI=1S/C26H34N2O3/c1-4-5-18-27-19-8-6-7-9-20-31-25-16-14-24(15-17-25)28(3)26(30)23-12-10-22(11-13-23)21(2)29/h4,10-17,27H,1,5-9,18-20H2,2-3H3. The Hall–Kier alpha value is -2.92. The van der Waals surface area contributed by atoms with Crippen LogP contribution in [-0.4, -0.2) is 38.4 Å². The lowest BCUT2D eigenvalue weighted by Gasteiger charge is -2.18. The summed E-state index contributed by atoms with van der Waals surface area (Å²) in [7, 11) is 1.74. The van der Waals surface area contributed by atoms with Gasteiger partial charge in [-0.05, 0) is 75.7 Å². The lowest BCUT2D eigenvalue weighted by Crippen LogP contribution is -2.26. The fourth-order valence-electron chi connectivity index (χ4n) is 3.15. The molecule has 0 saturated heterocycles. The number of carbonyl (C=O) groups is 2. The van der Waals surface area contributed by atoms with Crippen molar-refractivity contribution in [2.24, 2.45) is 0 Å². The molecular weight excluding hydrogens is 388 g/mol. The number of nitrogens with zero attached hydrogens (tertiary/aromatic N) is 1. The molecule has 166 valence electrons. The molecule has 0 aliphatic rings. The maximum absolute atomic E-state index is 12.7. The fraction of sp³-hybridized carbons (Fsp3) is 0.385. The average Bonchev–Trinajstić information content (AvgIpc) is 2.80. The predicted molar refractivity (Wildman–Crippen MR) is 127 cm³/mol. The second-order valence-corrected chi connectivity index (χ2v) is 7.58. The van der Waals surface area contributed by atoms with E-state index in [0.29, 0.717) is 17.7 Å². The molecule has 0 bridgehead atoms. The summed E-state index contributed by atoms with van der Waals surface area (Å²) in [6, 6.07) is 14.3. The Labute approximate surface area is 186 Å². The second kappa shape index (κ2) is 13.4. The van der Waals surface area contributed by atoms with Gasteiger partial charge in [-0.15, -0.1) is 6.58 Å². The number of nitrogens with one attached hydrogen (secondary N) is 1. The highest BCUT2D eigenvalue weighted by Crippen LogP contribution is 2.21. The van der Waals surface area contributed by atoms with Crippen LogP contribution in [0.3, 0.4) is 0 Å². The molecule has 2 aromatic rings. The van der Waals surface area contributed by atoms with Gasteiger partial charge in [0, 0.05) is 23.9 Å². The van der Waals surface area contributed by atoms with Gasteiger partial charge >= 0.3 is 0 Å². The topological polar surface area (TPSA) is 58.6 Å². The Morgan fingerprint density at radius 3 is 2.23 bits per heavy atom. The van der Waals surface area contributed by atoms with Crippen molar-refractivity contribution >= 4 is 17.4 Å². The molecule has 5 heteroatoms. The van der Waals surface area contributed by atoms with Crippen molar-refractivity contribution in [3.05, 3.63) is 72.3 Å². The van der Waals surface area contributed by atoms with Crippen molar-refractivity contribution < 1.29 is 14.3 Å². The molecule has 0 heterocycles. The van der Waals surface area contributed by atoms with E-state index in [9.17, 15) is 9.59 Å². The van der Waals surface area contributed by atoms with E-state index in [1.54, 1.807) is 36.2 Å². The molecule has 0 saturated carbocycles. The monoisotopic (exact) mass is 422 g/mol. The van der Waals surface area contributed by atoms with Crippen LogP contribution in [-0.2, 0) is 0 Å². The van der Waals surface area contributed by atoms with Gasteiger partial charge in [-0.3, -0.25) is 9.59 Å². The largest absolute Gasteiger partial charge is 0.494 e. The number of rotatable bonds is 14. The van der Waals surface area contributed by atoms with Gasteiger partial charge in [-0.2, -0.15) is 0 Å². The van der Waals surface area contributed by atoms with Gasteiger partial charge in [-0.1, -0.05) is 31.1 Å². The highest BCUT2D eigenvalue weighted by Gasteiger charge is 2.14. The molecule has 0 fully saturated rings. The molecule has 0 aliphatic heterocycles. The zero-order chi connectivity index (χ0) is 22.5. The highest BCUT2D eigenvalue weighted by molar-refractivity contribution is 6.06. The number of ketones is 1. The molecule has 2 aromatic carbocycles. The predicted octanol–water partition coefficient (Wildman–Crippen LogP) is 5.27. The van der Waals surface area contributed by atoms with E-state index in [1.165, 1.54) is 19.8 Å². The molecule has 1 N–H and O–H groups in total. The molecule has 31 heavy (non-hydrogen) atoms. The first kappa shape index (κ1) is 24.4. The zero-order valence-corrected chi connectivity index (χ0v) is 18.7. The van der Waals surface area contributed by atoms with Gasteiger partial charge in [-0.25, -0.2) is 0 Å². The van der Waals surface area contributed by atoms with E-state index < -0.39 is 0 Å². The van der Waals surface area contributed by atoms with Crippen molar-refractivity contribution in [2.75, 3.05) is 31.6 Å². The number of carbonyl (C=O) groups excluding carboxylic acids is 2. The SMILES string of the molecule is C=CCCNCCCCCCOc1ccc(N(C)C(=O)c2ccc(C(C)=O)cc2)cc1. The van der Waals surface area contributed by atoms with Crippen molar-refractivity contribution in [3.63, 3.8) is 0 Å². The lowest BCUT2D eigenvalue weighted by molar-refractivity contribution is 0.0988. The van der Waals surface area contributed by atoms with Crippen LogP contribution in [0.2, 0.25) is 0 Å². The summed E-state index contributed by atoms with van der Waals surface area (Å²) >= 11 is 0. The highest BCUT2D eigenvalue weighted by atomic mass is 16.5. The van der Waals surface area contributed by atoms with Gasteiger partial charge in [0.15, 0.2) is 5.78 Å². The minimum Gasteiger partial charge on any atom is -0.494 e. The number of unbranched alkanes of at least 4 members (excludes halogenated alkanes) is 3. The second-order valence-electron chi connectivity index (χ2n) is 7.58. The molecule has 5 nitrogen and oxygen atoms in total. The summed E-state index contributed by atoms with van der Waals surface area (Å²) < 4.78 is 5.82. The average molecular weight is 423 g/mol. The summed E-state index contributed by atoms with van der Waals surface area (Å²) in [4.78, 5) is 25.7. The van der Waals surface area contributed by atoms with Gasteiger partial charge in [0.2, 0.25) is 0 Å². The van der Waals surface area contributed by atoms with E-state index in [-0.39, 0.29) is 11.7 Å². The van der Waals surface area contributed by atoms with E-state index in [0.717, 1.165) is 43.8 Å². The normalized spacial score (nSPS) is 10.5. The van der Waals surface area contributed by atoms with E-state index >= 15 is 0 Å². The molecule has 0 aromatic heterocycles. The molecule has 0 radical (unpaired) electrons. The number of anilines is 1. The molecule has 0 aliphatic carbocycles. The quantitative estimate of drug-likeness (QED) is 0.256. The Kier molecular flexibility index (Phi) is 10.5. The van der Waals surface area contributed by atoms with E-state index in [4.69, 9.17) is 4.74 Å². The molecule has 1 amide bonds. The van der Waals surface area contributed by atoms with Gasteiger partial charge < -0.3 is 15.0 Å². The Morgan fingerprint density at radius 2 is 1.58 bits per heavy atom. The molecule has 0 atom stereocenters. The van der Waals surface area contributed by atoms with Crippen molar-refractivity contribution in [1.82, 2.24) is 5.32 Å². The number of Topliss-reactive ketones (excluding diaryl/α,β-unsaturated/α-hetero) is 1. The molecule has 2 rings (SSSR count). The third-order valence-corrected chi connectivity index (χ3v) is 5.11. The number of ether oxygens (including phenoxy) is 1. The van der Waals surface area contributed by atoms with Gasteiger partial charge in [0.05, 0.1) is 6.61 Å². The lowest BCUT2D eigenvalue weighted by atomic mass is 10.1. The number of hydrogen-bond acceptors (Lipinski definition) is 4. The van der Waals surface area contributed by atoms with Crippen LogP contribution in [0.1, 0.15) is 59.7 Å². The summed E-state index contributed by atoms with van der Waals surface area (Å²) in [6.07, 6.45) is 7.52. The van der Waals surface area contributed by atoms with Crippen LogP contribution in [0.4, 0.5) is 5.69 Å². The van der Waals surface area contributed by atoms with Crippen LogP contribution in [0.15, 0.2) is 61.2 Å². The third-order valence-electron chi connectivity index (χ3n) is 5.11. The van der Waals surface area contributed by atoms with E-state index in [2.05, 4.69) is 11.9 Å². The maximum atomic E-state index is 12.7. The third kappa shape index (κ3) is 8.38. The molecule has 0 unspecified atom stereocenters. The van der Waals surface area contributed by atoms with Crippen LogP contribution >= 0.6 is 0 Å². The summed E-state index contributed by atoms with van der Waals surface area (Å²) in [5.74, 6) is 0.670. The number of benzene rings is 2. The molecule has 0 spiro atoms. The van der Waals surface area contributed by atoms with Crippen LogP contribution < -0.4 is 15.0 Å². The first-order valence-corrected chi connectivity index (χ1v) is 11.0. The minimum absolute atomic E-state index is 0.0146. The number of amides is 1. The molecular formula is C26H34N2O3. The Bertz CT molecular complexity index is 829. The maximum Gasteiger partial charge on any atom is 0.258 e. The Balaban J connectivity index is 1.71. The first-order chi connectivity index (χ1) is 15.0. The summed E-state index contributed by atoms with van der Waals surface area (Å²) in [6.45, 7) is 7.99. The van der Waals surface area contributed by atoms with Crippen molar-refractivity contribution in [2.45, 2.75) is 39.0 Å². The summed E-state index contributed by atoms with van der Waals surface area (Å²) in [5.41, 5.74) is 1.93. The smallest absolute Gasteiger partial charge is 0.258 e. The Morgan fingerprint density at radius 1 is 0.935 bits per heavy atom. The first-order valence-electron chi connectivity index (χ1n) is 11.0. The van der Waals surface area contributed by atoms with Crippen molar-refractivity contribution in [1.29, 1.82) is 0 Å². The zero-order valence-electron chi connectivity index (χ0n) is 18.7. The summed E-state index contributed by atoms with van der Waals surface area (Å²) in [5, 5.41) is 3.40. The van der Waals surface area contributed by atoms with Gasteiger partial charge in [0.1, 0.15) is 5.75 Å². The van der Waals surface area contributed by atoms with Crippen LogP contribution in [0, 0.1) is 0 Å². The fourth-order valence-corrected chi connectivity index (χ4v) is 3.15. The van der Waals surface area contributed by atoms with Gasteiger partial charge in [0.25, 0.3) is 5.91 Å².